The number of esters is 1. The zero-order valence-electron chi connectivity index (χ0n) is 16.9. The van der Waals surface area contributed by atoms with Gasteiger partial charge < -0.3 is 4.74 Å². The third-order valence-corrected chi connectivity index (χ3v) is 5.42. The van der Waals surface area contributed by atoms with Crippen molar-refractivity contribution in [3.05, 3.63) is 95.4 Å². The van der Waals surface area contributed by atoms with Gasteiger partial charge in [-0.15, -0.1) is 11.3 Å². The second kappa shape index (κ2) is 9.36. The average Bonchev–Trinajstić information content (AvgIpc) is 3.27. The Labute approximate surface area is 184 Å². The molecule has 4 rings (SSSR count). The number of thiazole rings is 1. The molecule has 0 aliphatic carbocycles. The van der Waals surface area contributed by atoms with Crippen molar-refractivity contribution in [2.45, 2.75) is 6.92 Å². The largest absolute Gasteiger partial charge is 0.452 e. The van der Waals surface area contributed by atoms with E-state index in [1.165, 1.54) is 16.9 Å². The molecule has 0 bridgehead atoms. The van der Waals surface area contributed by atoms with Gasteiger partial charge in [0.1, 0.15) is 0 Å². The van der Waals surface area contributed by atoms with Gasteiger partial charge in [-0.25, -0.2) is 9.78 Å². The molecule has 0 saturated heterocycles. The summed E-state index contributed by atoms with van der Waals surface area (Å²) >= 11 is 1.32. The first kappa shape index (κ1) is 20.5. The standard InChI is InChI=1S/C25H20N2O3S/c1-17-7-9-20(10-8-17)22-16-31-25(26-22)27-23(28)15-30-24(29)21-13-11-19(12-14-21)18-5-3-2-4-6-18/h2-14,16H,15H2,1H3,(H,26,27,28). The Balaban J connectivity index is 1.30. The second-order valence-corrected chi connectivity index (χ2v) is 7.83. The number of benzene rings is 3. The topological polar surface area (TPSA) is 68.3 Å². The van der Waals surface area contributed by atoms with E-state index in [0.717, 1.165) is 22.4 Å². The van der Waals surface area contributed by atoms with Crippen molar-refractivity contribution in [1.82, 2.24) is 4.98 Å². The molecule has 0 atom stereocenters. The van der Waals surface area contributed by atoms with Crippen molar-refractivity contribution in [3.8, 4) is 22.4 Å². The van der Waals surface area contributed by atoms with Crippen LogP contribution < -0.4 is 5.32 Å². The first-order valence-electron chi connectivity index (χ1n) is 9.73. The third-order valence-electron chi connectivity index (χ3n) is 4.66. The number of carbonyl (C=O) groups excluding carboxylic acids is 2. The van der Waals surface area contributed by atoms with Crippen LogP contribution in [0.5, 0.6) is 0 Å². The highest BCUT2D eigenvalue weighted by atomic mass is 32.1. The highest BCUT2D eigenvalue weighted by Gasteiger charge is 2.12. The van der Waals surface area contributed by atoms with Crippen LogP contribution in [0.4, 0.5) is 5.13 Å². The SMILES string of the molecule is Cc1ccc(-c2csc(NC(=O)COC(=O)c3ccc(-c4ccccc4)cc3)n2)cc1. The highest BCUT2D eigenvalue weighted by Crippen LogP contribution is 2.25. The molecule has 0 spiro atoms. The number of carbonyl (C=O) groups is 2. The zero-order valence-corrected chi connectivity index (χ0v) is 17.7. The van der Waals surface area contributed by atoms with Crippen molar-refractivity contribution in [3.63, 3.8) is 0 Å². The zero-order chi connectivity index (χ0) is 21.6. The number of amides is 1. The fourth-order valence-electron chi connectivity index (χ4n) is 2.99. The van der Waals surface area contributed by atoms with Crippen LogP contribution in [-0.4, -0.2) is 23.5 Å². The summed E-state index contributed by atoms with van der Waals surface area (Å²) in [7, 11) is 0. The molecule has 5 nitrogen and oxygen atoms in total. The van der Waals surface area contributed by atoms with Gasteiger partial charge in [-0.05, 0) is 30.2 Å². The molecule has 0 aliphatic heterocycles. The fourth-order valence-corrected chi connectivity index (χ4v) is 3.72. The number of ether oxygens (including phenoxy) is 1. The van der Waals surface area contributed by atoms with E-state index in [1.807, 2.05) is 79.0 Å². The van der Waals surface area contributed by atoms with Crippen molar-refractivity contribution < 1.29 is 14.3 Å². The van der Waals surface area contributed by atoms with Gasteiger partial charge in [0.15, 0.2) is 11.7 Å². The lowest BCUT2D eigenvalue weighted by Gasteiger charge is -2.06. The van der Waals surface area contributed by atoms with Crippen LogP contribution >= 0.6 is 11.3 Å². The van der Waals surface area contributed by atoms with E-state index in [4.69, 9.17) is 4.74 Å². The molecule has 1 N–H and O–H groups in total. The molecule has 154 valence electrons. The minimum atomic E-state index is -0.547. The lowest BCUT2D eigenvalue weighted by molar-refractivity contribution is -0.119. The molecule has 0 radical (unpaired) electrons. The Hall–Kier alpha value is -3.77. The Morgan fingerprint density at radius 2 is 1.52 bits per heavy atom. The van der Waals surface area contributed by atoms with Crippen LogP contribution in [0.25, 0.3) is 22.4 Å². The van der Waals surface area contributed by atoms with E-state index in [1.54, 1.807) is 12.1 Å². The quantitative estimate of drug-likeness (QED) is 0.407. The monoisotopic (exact) mass is 428 g/mol. The maximum atomic E-state index is 12.3. The van der Waals surface area contributed by atoms with Crippen molar-refractivity contribution in [2.75, 3.05) is 11.9 Å². The molecule has 0 saturated carbocycles. The molecule has 0 aliphatic rings. The van der Waals surface area contributed by atoms with Gasteiger partial charge in [-0.2, -0.15) is 0 Å². The summed E-state index contributed by atoms with van der Waals surface area (Å²) in [5, 5.41) is 5.01. The van der Waals surface area contributed by atoms with E-state index >= 15 is 0 Å². The van der Waals surface area contributed by atoms with E-state index in [9.17, 15) is 9.59 Å². The first-order valence-corrected chi connectivity index (χ1v) is 10.6. The molecule has 6 heteroatoms. The molecule has 1 amide bonds. The second-order valence-electron chi connectivity index (χ2n) is 6.97. The number of rotatable bonds is 6. The number of aryl methyl sites for hydroxylation is 1. The van der Waals surface area contributed by atoms with Crippen molar-refractivity contribution in [2.24, 2.45) is 0 Å². The molecule has 1 aromatic heterocycles. The molecule has 1 heterocycles. The molecule has 31 heavy (non-hydrogen) atoms. The van der Waals surface area contributed by atoms with Crippen LogP contribution in [0.15, 0.2) is 84.2 Å². The van der Waals surface area contributed by atoms with E-state index in [2.05, 4.69) is 10.3 Å². The molecule has 0 fully saturated rings. The molecule has 3 aromatic carbocycles. The maximum Gasteiger partial charge on any atom is 0.338 e. The number of aromatic nitrogens is 1. The molecular formula is C25H20N2O3S. The highest BCUT2D eigenvalue weighted by molar-refractivity contribution is 7.14. The maximum absolute atomic E-state index is 12.3. The van der Waals surface area contributed by atoms with Gasteiger partial charge in [-0.3, -0.25) is 10.1 Å². The summed E-state index contributed by atoms with van der Waals surface area (Å²) in [5.41, 5.74) is 5.40. The van der Waals surface area contributed by atoms with Gasteiger partial charge >= 0.3 is 5.97 Å². The van der Waals surface area contributed by atoms with Crippen LogP contribution in [0.3, 0.4) is 0 Å². The molecular weight excluding hydrogens is 408 g/mol. The summed E-state index contributed by atoms with van der Waals surface area (Å²) in [6.45, 7) is 1.65. The smallest absolute Gasteiger partial charge is 0.338 e. The molecule has 4 aromatic rings. The lowest BCUT2D eigenvalue weighted by Crippen LogP contribution is -2.20. The number of hydrogen-bond acceptors (Lipinski definition) is 5. The predicted molar refractivity (Wildman–Crippen MR) is 123 cm³/mol. The van der Waals surface area contributed by atoms with E-state index in [-0.39, 0.29) is 6.61 Å². The summed E-state index contributed by atoms with van der Waals surface area (Å²) in [6, 6.07) is 25.0. The minimum Gasteiger partial charge on any atom is -0.452 e. The third kappa shape index (κ3) is 5.24. The Kier molecular flexibility index (Phi) is 6.19. The van der Waals surface area contributed by atoms with Crippen molar-refractivity contribution >= 4 is 28.3 Å². The Morgan fingerprint density at radius 3 is 2.23 bits per heavy atom. The van der Waals surface area contributed by atoms with Crippen LogP contribution in [0.2, 0.25) is 0 Å². The van der Waals surface area contributed by atoms with Gasteiger partial charge in [0.05, 0.1) is 11.3 Å². The summed E-state index contributed by atoms with van der Waals surface area (Å²) in [4.78, 5) is 28.8. The predicted octanol–water partition coefficient (Wildman–Crippen LogP) is 5.58. The van der Waals surface area contributed by atoms with Crippen molar-refractivity contribution in [1.29, 1.82) is 0 Å². The minimum absolute atomic E-state index is 0.376. The summed E-state index contributed by atoms with van der Waals surface area (Å²) in [6.07, 6.45) is 0. The van der Waals surface area contributed by atoms with Gasteiger partial charge in [0.2, 0.25) is 0 Å². The van der Waals surface area contributed by atoms with Gasteiger partial charge in [0, 0.05) is 10.9 Å². The number of anilines is 1. The normalized spacial score (nSPS) is 10.5. The molecule has 0 unspecified atom stereocenters. The summed E-state index contributed by atoms with van der Waals surface area (Å²) in [5.74, 6) is -0.978. The average molecular weight is 429 g/mol. The summed E-state index contributed by atoms with van der Waals surface area (Å²) < 4.78 is 5.14. The fraction of sp³-hybridized carbons (Fsp3) is 0.0800. The first-order chi connectivity index (χ1) is 15.1. The van der Waals surface area contributed by atoms with Crippen LogP contribution in [0, 0.1) is 6.92 Å². The van der Waals surface area contributed by atoms with E-state index in [0.29, 0.717) is 10.7 Å². The lowest BCUT2D eigenvalue weighted by atomic mass is 10.0. The van der Waals surface area contributed by atoms with Gasteiger partial charge in [0.25, 0.3) is 5.91 Å². The number of nitrogens with one attached hydrogen (secondary N) is 1. The number of nitrogens with zero attached hydrogens (tertiary/aromatic N) is 1. The van der Waals surface area contributed by atoms with Gasteiger partial charge in [-0.1, -0.05) is 72.3 Å². The van der Waals surface area contributed by atoms with Crippen LogP contribution in [0.1, 0.15) is 15.9 Å². The number of hydrogen-bond donors (Lipinski definition) is 1. The van der Waals surface area contributed by atoms with Crippen LogP contribution in [-0.2, 0) is 9.53 Å². The Morgan fingerprint density at radius 1 is 0.871 bits per heavy atom. The Bertz CT molecular complexity index is 1180. The van der Waals surface area contributed by atoms with E-state index < -0.39 is 11.9 Å².